The van der Waals surface area contributed by atoms with Crippen molar-refractivity contribution in [3.8, 4) is 0 Å². The first-order valence-corrected chi connectivity index (χ1v) is 7.53. The van der Waals surface area contributed by atoms with Crippen molar-refractivity contribution in [2.45, 2.75) is 46.0 Å². The minimum atomic E-state index is -0.788. The predicted octanol–water partition coefficient (Wildman–Crippen LogP) is 3.07. The smallest absolute Gasteiger partial charge is 0.311 e. The number of aryl methyl sites for hydroxylation is 2. The van der Waals surface area contributed by atoms with Gasteiger partial charge in [-0.05, 0) is 38.3 Å². The lowest BCUT2D eigenvalue weighted by Gasteiger charge is -2.33. The van der Waals surface area contributed by atoms with Crippen LogP contribution in [0.2, 0.25) is 0 Å². The van der Waals surface area contributed by atoms with Crippen LogP contribution in [0.1, 0.15) is 53.6 Å². The molecule has 0 saturated heterocycles. The Morgan fingerprint density at radius 1 is 1.19 bits per heavy atom. The van der Waals surface area contributed by atoms with Gasteiger partial charge in [0.15, 0.2) is 0 Å². The number of carbonyl (C=O) groups is 2. The molecule has 0 aromatic heterocycles. The number of aliphatic carboxylic acids is 1. The molecule has 0 unspecified atom stereocenters. The van der Waals surface area contributed by atoms with Crippen LogP contribution in [0.5, 0.6) is 0 Å². The predicted molar refractivity (Wildman–Crippen MR) is 81.4 cm³/mol. The highest BCUT2D eigenvalue weighted by molar-refractivity contribution is 5.96. The van der Waals surface area contributed by atoms with E-state index in [1.807, 2.05) is 32.0 Å². The number of rotatable bonds is 4. The van der Waals surface area contributed by atoms with Gasteiger partial charge in [-0.15, -0.1) is 0 Å². The van der Waals surface area contributed by atoms with E-state index in [2.05, 4.69) is 5.32 Å². The molecule has 2 rings (SSSR count). The van der Waals surface area contributed by atoms with Gasteiger partial charge in [-0.1, -0.05) is 37.0 Å². The second-order valence-corrected chi connectivity index (χ2v) is 6.15. The molecule has 1 aromatic carbocycles. The highest BCUT2D eigenvalue weighted by Crippen LogP contribution is 2.36. The molecule has 4 nitrogen and oxygen atoms in total. The van der Waals surface area contributed by atoms with Gasteiger partial charge in [-0.2, -0.15) is 0 Å². The lowest BCUT2D eigenvalue weighted by molar-refractivity contribution is -0.150. The Morgan fingerprint density at radius 3 is 2.48 bits per heavy atom. The van der Waals surface area contributed by atoms with Crippen molar-refractivity contribution in [2.75, 3.05) is 6.54 Å². The summed E-state index contributed by atoms with van der Waals surface area (Å²) in [5, 5.41) is 12.4. The summed E-state index contributed by atoms with van der Waals surface area (Å²) in [7, 11) is 0. The Hall–Kier alpha value is -1.84. The summed E-state index contributed by atoms with van der Waals surface area (Å²) in [6.07, 6.45) is 4.22. The monoisotopic (exact) mass is 289 g/mol. The van der Waals surface area contributed by atoms with Crippen molar-refractivity contribution in [1.29, 1.82) is 0 Å². The normalized spacial score (nSPS) is 17.2. The average Bonchev–Trinajstić information content (AvgIpc) is 2.48. The standard InChI is InChI=1S/C17H23NO3/c1-12-6-7-13(2)14(10-12)15(19)18-11-17(16(20)21)8-4-3-5-9-17/h6-7,10H,3-5,8-9,11H2,1-2H3,(H,18,19)(H,20,21). The van der Waals surface area contributed by atoms with E-state index in [0.29, 0.717) is 18.4 Å². The van der Waals surface area contributed by atoms with Crippen LogP contribution in [0.15, 0.2) is 18.2 Å². The number of hydrogen-bond acceptors (Lipinski definition) is 2. The Bertz CT molecular complexity index is 545. The average molecular weight is 289 g/mol. The van der Waals surface area contributed by atoms with Crippen molar-refractivity contribution in [3.63, 3.8) is 0 Å². The fourth-order valence-electron chi connectivity index (χ4n) is 3.02. The van der Waals surface area contributed by atoms with Gasteiger partial charge in [0.25, 0.3) is 5.91 Å². The first kappa shape index (κ1) is 15.5. The van der Waals surface area contributed by atoms with E-state index in [4.69, 9.17) is 0 Å². The molecular formula is C17H23NO3. The Balaban J connectivity index is 2.08. The first-order chi connectivity index (χ1) is 9.94. The number of carboxylic acid groups (broad SMARTS) is 1. The van der Waals surface area contributed by atoms with E-state index in [9.17, 15) is 14.7 Å². The number of carboxylic acids is 1. The fourth-order valence-corrected chi connectivity index (χ4v) is 3.02. The zero-order valence-corrected chi connectivity index (χ0v) is 12.7. The molecule has 1 fully saturated rings. The number of carbonyl (C=O) groups excluding carboxylic acids is 1. The first-order valence-electron chi connectivity index (χ1n) is 7.53. The van der Waals surface area contributed by atoms with Gasteiger partial charge in [-0.25, -0.2) is 0 Å². The minimum Gasteiger partial charge on any atom is -0.481 e. The van der Waals surface area contributed by atoms with Crippen molar-refractivity contribution in [1.82, 2.24) is 5.32 Å². The van der Waals surface area contributed by atoms with Gasteiger partial charge < -0.3 is 10.4 Å². The molecule has 0 radical (unpaired) electrons. The summed E-state index contributed by atoms with van der Waals surface area (Å²) in [4.78, 5) is 23.9. The van der Waals surface area contributed by atoms with Crippen molar-refractivity contribution < 1.29 is 14.7 Å². The number of amides is 1. The van der Waals surface area contributed by atoms with Crippen LogP contribution >= 0.6 is 0 Å². The molecule has 4 heteroatoms. The SMILES string of the molecule is Cc1ccc(C)c(C(=O)NCC2(C(=O)O)CCCCC2)c1. The molecule has 0 heterocycles. The van der Waals surface area contributed by atoms with Crippen LogP contribution in [0, 0.1) is 19.3 Å². The summed E-state index contributed by atoms with van der Waals surface area (Å²) in [6, 6.07) is 5.72. The Kier molecular flexibility index (Phi) is 4.66. The van der Waals surface area contributed by atoms with E-state index < -0.39 is 11.4 Å². The van der Waals surface area contributed by atoms with E-state index in [1.165, 1.54) is 0 Å². The van der Waals surface area contributed by atoms with Gasteiger partial charge in [0, 0.05) is 12.1 Å². The molecule has 0 atom stereocenters. The van der Waals surface area contributed by atoms with Gasteiger partial charge in [0.05, 0.1) is 5.41 Å². The summed E-state index contributed by atoms with van der Waals surface area (Å²) >= 11 is 0. The minimum absolute atomic E-state index is 0.178. The summed E-state index contributed by atoms with van der Waals surface area (Å²) in [5.41, 5.74) is 1.78. The summed E-state index contributed by atoms with van der Waals surface area (Å²) < 4.78 is 0. The number of hydrogen-bond donors (Lipinski definition) is 2. The van der Waals surface area contributed by atoms with Gasteiger partial charge in [-0.3, -0.25) is 9.59 Å². The molecule has 114 valence electrons. The van der Waals surface area contributed by atoms with E-state index in [-0.39, 0.29) is 12.5 Å². The lowest BCUT2D eigenvalue weighted by Crippen LogP contribution is -2.44. The van der Waals surface area contributed by atoms with Crippen molar-refractivity contribution in [2.24, 2.45) is 5.41 Å². The molecular weight excluding hydrogens is 266 g/mol. The highest BCUT2D eigenvalue weighted by Gasteiger charge is 2.39. The molecule has 1 aliphatic carbocycles. The summed E-state index contributed by atoms with van der Waals surface area (Å²) in [6.45, 7) is 4.05. The van der Waals surface area contributed by atoms with E-state index in [1.54, 1.807) is 0 Å². The molecule has 2 N–H and O–H groups in total. The second kappa shape index (κ2) is 6.29. The van der Waals surface area contributed by atoms with E-state index in [0.717, 1.165) is 30.4 Å². The maximum Gasteiger partial charge on any atom is 0.311 e. The third-order valence-corrected chi connectivity index (χ3v) is 4.49. The van der Waals surface area contributed by atoms with Crippen LogP contribution in [0.3, 0.4) is 0 Å². The third kappa shape index (κ3) is 3.43. The molecule has 0 bridgehead atoms. The van der Waals surface area contributed by atoms with Crippen LogP contribution in [0.4, 0.5) is 0 Å². The fraction of sp³-hybridized carbons (Fsp3) is 0.529. The van der Waals surface area contributed by atoms with Crippen LogP contribution < -0.4 is 5.32 Å². The second-order valence-electron chi connectivity index (χ2n) is 6.15. The Labute approximate surface area is 125 Å². The largest absolute Gasteiger partial charge is 0.481 e. The molecule has 1 amide bonds. The molecule has 1 aliphatic rings. The maximum atomic E-state index is 12.3. The van der Waals surface area contributed by atoms with Gasteiger partial charge in [0.1, 0.15) is 0 Å². The Morgan fingerprint density at radius 2 is 1.86 bits per heavy atom. The van der Waals surface area contributed by atoms with Crippen LogP contribution in [0.25, 0.3) is 0 Å². The number of benzene rings is 1. The quantitative estimate of drug-likeness (QED) is 0.895. The maximum absolute atomic E-state index is 12.3. The molecule has 0 spiro atoms. The van der Waals surface area contributed by atoms with Crippen LogP contribution in [-0.4, -0.2) is 23.5 Å². The number of nitrogens with one attached hydrogen (secondary N) is 1. The molecule has 1 saturated carbocycles. The highest BCUT2D eigenvalue weighted by atomic mass is 16.4. The van der Waals surface area contributed by atoms with Gasteiger partial charge in [0.2, 0.25) is 0 Å². The third-order valence-electron chi connectivity index (χ3n) is 4.49. The molecule has 21 heavy (non-hydrogen) atoms. The van der Waals surface area contributed by atoms with Crippen molar-refractivity contribution in [3.05, 3.63) is 34.9 Å². The lowest BCUT2D eigenvalue weighted by atomic mass is 9.74. The zero-order valence-electron chi connectivity index (χ0n) is 12.7. The zero-order chi connectivity index (χ0) is 15.5. The molecule has 0 aliphatic heterocycles. The van der Waals surface area contributed by atoms with Crippen molar-refractivity contribution >= 4 is 11.9 Å². The topological polar surface area (TPSA) is 66.4 Å². The summed E-state index contributed by atoms with van der Waals surface area (Å²) in [5.74, 6) is -0.967. The van der Waals surface area contributed by atoms with Gasteiger partial charge >= 0.3 is 5.97 Å². The molecule has 1 aromatic rings. The van der Waals surface area contributed by atoms with Crippen LogP contribution in [-0.2, 0) is 4.79 Å². The van der Waals surface area contributed by atoms with E-state index >= 15 is 0 Å².